The van der Waals surface area contributed by atoms with Crippen LogP contribution in [0.5, 0.6) is 0 Å². The van der Waals surface area contributed by atoms with Crippen LogP contribution in [0.4, 0.5) is 26.7 Å². The number of rotatable bonds is 6. The molecule has 1 N–H and O–H groups in total. The number of aliphatic hydroxyl groups excluding tert-OH is 1. The van der Waals surface area contributed by atoms with Crippen molar-refractivity contribution in [1.82, 2.24) is 9.47 Å². The van der Waals surface area contributed by atoms with Gasteiger partial charge in [-0.15, -0.1) is 0 Å². The molecular weight excluding hydrogens is 599 g/mol. The fourth-order valence-electron chi connectivity index (χ4n) is 5.90. The number of esters is 1. The van der Waals surface area contributed by atoms with Crippen LogP contribution in [0.3, 0.4) is 0 Å². The van der Waals surface area contributed by atoms with Crippen LogP contribution < -0.4 is 0 Å². The van der Waals surface area contributed by atoms with E-state index >= 15 is 8.78 Å². The molecule has 0 saturated heterocycles. The Kier molecular flexibility index (Phi) is 9.43. The van der Waals surface area contributed by atoms with Crippen molar-refractivity contribution in [3.63, 3.8) is 0 Å². The lowest BCUT2D eigenvalue weighted by Crippen LogP contribution is -2.48. The van der Waals surface area contributed by atoms with Crippen LogP contribution in [0.2, 0.25) is 0 Å². The minimum absolute atomic E-state index is 0.0302. The van der Waals surface area contributed by atoms with E-state index in [0.717, 1.165) is 21.6 Å². The van der Waals surface area contributed by atoms with E-state index in [1.165, 1.54) is 6.92 Å². The predicted octanol–water partition coefficient (Wildman–Crippen LogP) is 7.41. The number of alkyl halides is 3. The predicted molar refractivity (Wildman–Crippen MR) is 158 cm³/mol. The molecule has 0 radical (unpaired) electrons. The maximum absolute atomic E-state index is 16.3. The third-order valence-corrected chi connectivity index (χ3v) is 7.50. The minimum Gasteiger partial charge on any atom is -0.459 e. The highest BCUT2D eigenvalue weighted by atomic mass is 19.4. The van der Waals surface area contributed by atoms with Crippen LogP contribution in [0.25, 0.3) is 10.9 Å². The molecule has 2 aromatic carbocycles. The number of nitrogens with zero attached hydrogens (tertiary/aromatic N) is 2. The summed E-state index contributed by atoms with van der Waals surface area (Å²) >= 11 is 0. The normalized spacial score (nSPS) is 18.5. The van der Waals surface area contributed by atoms with E-state index in [-0.39, 0.29) is 24.1 Å². The molecule has 45 heavy (non-hydrogen) atoms. The van der Waals surface area contributed by atoms with Gasteiger partial charge in [0.2, 0.25) is 0 Å². The Morgan fingerprint density at radius 1 is 0.978 bits per heavy atom. The molecule has 2 heterocycles. The van der Waals surface area contributed by atoms with Gasteiger partial charge in [0, 0.05) is 23.6 Å². The summed E-state index contributed by atoms with van der Waals surface area (Å²) in [5.41, 5.74) is -2.00. The fourth-order valence-corrected chi connectivity index (χ4v) is 5.90. The number of fused-ring (bicyclic) bond motifs is 3. The lowest BCUT2D eigenvalue weighted by molar-refractivity contribution is -0.157. The molecule has 4 rings (SSSR count). The van der Waals surface area contributed by atoms with Crippen molar-refractivity contribution in [3.8, 4) is 0 Å². The third kappa shape index (κ3) is 7.49. The number of aliphatic hydroxyl groups is 1. The average Bonchev–Trinajstić information content (AvgIpc) is 3.19. The Balaban J connectivity index is 2.00. The largest absolute Gasteiger partial charge is 0.459 e. The van der Waals surface area contributed by atoms with Gasteiger partial charge in [-0.25, -0.2) is 18.1 Å². The monoisotopic (exact) mass is 638 g/mol. The van der Waals surface area contributed by atoms with Gasteiger partial charge >= 0.3 is 18.2 Å². The number of hydrogen-bond acceptors (Lipinski definition) is 6. The molecule has 0 saturated carbocycles. The van der Waals surface area contributed by atoms with Crippen molar-refractivity contribution < 1.29 is 46.1 Å². The van der Waals surface area contributed by atoms with E-state index in [1.54, 1.807) is 65.8 Å². The second kappa shape index (κ2) is 12.4. The molecule has 7 nitrogen and oxygen atoms in total. The van der Waals surface area contributed by atoms with E-state index in [1.807, 2.05) is 0 Å². The van der Waals surface area contributed by atoms with Gasteiger partial charge in [-0.2, -0.15) is 13.2 Å². The van der Waals surface area contributed by atoms with Gasteiger partial charge in [0.25, 0.3) is 0 Å². The molecule has 1 aromatic heterocycles. The molecule has 246 valence electrons. The molecule has 2 unspecified atom stereocenters. The Labute approximate surface area is 258 Å². The number of aromatic nitrogens is 1. The van der Waals surface area contributed by atoms with E-state index < -0.39 is 77.8 Å². The van der Waals surface area contributed by atoms with E-state index in [4.69, 9.17) is 9.47 Å². The molecule has 3 aromatic rings. The molecule has 0 spiro atoms. The molecule has 1 aliphatic rings. The van der Waals surface area contributed by atoms with Crippen molar-refractivity contribution >= 4 is 23.0 Å². The Morgan fingerprint density at radius 2 is 1.56 bits per heavy atom. The smallest absolute Gasteiger partial charge is 0.419 e. The number of benzene rings is 2. The number of ether oxygens (including phenoxy) is 2. The Hall–Kier alpha value is -3.51. The lowest BCUT2D eigenvalue weighted by atomic mass is 9.86. The van der Waals surface area contributed by atoms with E-state index in [2.05, 4.69) is 0 Å². The van der Waals surface area contributed by atoms with Crippen LogP contribution >= 0.6 is 0 Å². The van der Waals surface area contributed by atoms with Crippen molar-refractivity contribution in [2.24, 2.45) is 0 Å². The summed E-state index contributed by atoms with van der Waals surface area (Å²) in [5, 5.41) is 10.1. The van der Waals surface area contributed by atoms with Crippen molar-refractivity contribution in [2.45, 2.75) is 96.7 Å². The summed E-state index contributed by atoms with van der Waals surface area (Å²) in [6.07, 6.45) is -5.79. The van der Waals surface area contributed by atoms with Crippen molar-refractivity contribution in [1.29, 1.82) is 0 Å². The van der Waals surface area contributed by atoms with E-state index in [9.17, 15) is 27.9 Å². The van der Waals surface area contributed by atoms with Crippen molar-refractivity contribution in [3.05, 3.63) is 70.4 Å². The topological polar surface area (TPSA) is 81.0 Å². The maximum atomic E-state index is 16.3. The van der Waals surface area contributed by atoms with Gasteiger partial charge in [0.15, 0.2) is 0 Å². The highest BCUT2D eigenvalue weighted by Crippen LogP contribution is 2.46. The molecule has 0 fully saturated rings. The highest BCUT2D eigenvalue weighted by molar-refractivity contribution is 5.94. The summed E-state index contributed by atoms with van der Waals surface area (Å²) in [4.78, 5) is 27.5. The maximum Gasteiger partial charge on any atom is 0.419 e. The van der Waals surface area contributed by atoms with Gasteiger partial charge in [-0.1, -0.05) is 18.2 Å². The van der Waals surface area contributed by atoms with Crippen molar-refractivity contribution in [2.75, 3.05) is 13.2 Å². The molecule has 0 amide bonds. The van der Waals surface area contributed by atoms with Gasteiger partial charge in [-0.05, 0) is 90.6 Å². The highest BCUT2D eigenvalue weighted by Gasteiger charge is 2.46. The average molecular weight is 639 g/mol. The number of para-hydroxylation sites is 1. The summed E-state index contributed by atoms with van der Waals surface area (Å²) in [6.45, 7) is 9.26. The Bertz CT molecular complexity index is 1560. The number of carbonyl (C=O) groups excluding carboxylic acids is 2. The first kappa shape index (κ1) is 34.4. The Morgan fingerprint density at radius 3 is 2.09 bits per heavy atom. The third-order valence-electron chi connectivity index (χ3n) is 7.50. The molecule has 1 aliphatic heterocycles. The van der Waals surface area contributed by atoms with Gasteiger partial charge in [-0.3, -0.25) is 9.69 Å². The zero-order valence-corrected chi connectivity index (χ0v) is 26.4. The fraction of sp³-hybridized carbons (Fsp3) is 0.515. The van der Waals surface area contributed by atoms with Gasteiger partial charge < -0.3 is 14.6 Å². The van der Waals surface area contributed by atoms with Gasteiger partial charge in [0.1, 0.15) is 22.8 Å². The summed E-state index contributed by atoms with van der Waals surface area (Å²) in [7, 11) is 0. The number of hydrogen-bond donors (Lipinski definition) is 1. The minimum atomic E-state index is -4.75. The summed E-state index contributed by atoms with van der Waals surface area (Å²) in [6, 6.07) is 5.88. The molecular formula is C33H39F5N2O5. The van der Waals surface area contributed by atoms with Gasteiger partial charge in [0.05, 0.1) is 29.7 Å². The first-order valence-corrected chi connectivity index (χ1v) is 14.7. The molecule has 0 aliphatic carbocycles. The quantitative estimate of drug-likeness (QED) is 0.224. The molecule has 0 bridgehead atoms. The first-order valence-electron chi connectivity index (χ1n) is 14.7. The summed E-state index contributed by atoms with van der Waals surface area (Å²) in [5.74, 6) is -4.49. The first-order chi connectivity index (χ1) is 20.7. The van der Waals surface area contributed by atoms with Crippen LogP contribution in [0, 0.1) is 11.6 Å². The lowest BCUT2D eigenvalue weighted by Gasteiger charge is -2.42. The van der Waals surface area contributed by atoms with Crippen LogP contribution in [-0.2, 0) is 20.7 Å². The second-order valence-corrected chi connectivity index (χ2v) is 13.4. The number of halogens is 5. The second-order valence-electron chi connectivity index (χ2n) is 13.4. The summed E-state index contributed by atoms with van der Waals surface area (Å²) < 4.78 is 86.9. The van der Waals surface area contributed by atoms with E-state index in [0.29, 0.717) is 16.5 Å². The standard InChI is InChI=1S/C33H39F5N2O5/c1-18-14-22-21-10-8-9-11-25(21)40(30(43)45-32(5,6)7)27(22)28(39(18)17-33(36,37)38)26-23(34)15-19(16-24(26)35)20(12-13-41)29(42)44-31(2,3)4/h8-11,15-16,18,20,28,41H,12-14,17H2,1-7H3/t18?,20?,28-/m1/s1. The van der Waals surface area contributed by atoms with Crippen LogP contribution in [-0.4, -0.2) is 63.2 Å². The van der Waals surface area contributed by atoms with Crippen LogP contribution in [0.1, 0.15) is 89.2 Å². The zero-order chi connectivity index (χ0) is 33.6. The number of carbonyl (C=O) groups is 2. The SMILES string of the molecule is CC1Cc2c(n(C(=O)OC(C)(C)C)c3ccccc23)[C@@H](c2c(F)cc(C(CCO)C(=O)OC(C)(C)C)cc2F)N1CC(F)(F)F. The molecule has 3 atom stereocenters. The van der Waals surface area contributed by atoms with Crippen LogP contribution in [0.15, 0.2) is 36.4 Å². The molecule has 12 heteroatoms. The zero-order valence-electron chi connectivity index (χ0n) is 26.4.